The van der Waals surface area contributed by atoms with Crippen LogP contribution in [0.5, 0.6) is 0 Å². The summed E-state index contributed by atoms with van der Waals surface area (Å²) in [6.07, 6.45) is 4.18. The maximum atomic E-state index is 12.6. The number of methoxy groups -OCH3 is 1. The summed E-state index contributed by atoms with van der Waals surface area (Å²) in [5, 5.41) is 9.05. The molecule has 0 radical (unpaired) electrons. The van der Waals surface area contributed by atoms with E-state index >= 15 is 0 Å². The van der Waals surface area contributed by atoms with Crippen LogP contribution in [0.1, 0.15) is 46.4 Å². The van der Waals surface area contributed by atoms with Crippen LogP contribution in [0.15, 0.2) is 24.3 Å². The Balaban J connectivity index is 2.09. The third-order valence-electron chi connectivity index (χ3n) is 4.14. The molecule has 5 heteroatoms. The number of hydrogen-bond donors (Lipinski definition) is 1. The van der Waals surface area contributed by atoms with E-state index in [-0.39, 0.29) is 11.5 Å². The van der Waals surface area contributed by atoms with Gasteiger partial charge < -0.3 is 14.7 Å². The normalized spacial score (nSPS) is 18.8. The Morgan fingerprint density at radius 3 is 2.82 bits per heavy atom. The third-order valence-corrected chi connectivity index (χ3v) is 4.14. The first-order chi connectivity index (χ1) is 10.6. The number of rotatable bonds is 5. The summed E-state index contributed by atoms with van der Waals surface area (Å²) in [6, 6.07) is 6.27. The topological polar surface area (TPSA) is 66.8 Å². The van der Waals surface area contributed by atoms with Crippen molar-refractivity contribution in [3.8, 4) is 0 Å². The van der Waals surface area contributed by atoms with Crippen LogP contribution < -0.4 is 0 Å². The van der Waals surface area contributed by atoms with E-state index in [0.29, 0.717) is 18.1 Å². The Kier molecular flexibility index (Phi) is 5.95. The van der Waals surface area contributed by atoms with Crippen molar-refractivity contribution in [3.63, 3.8) is 0 Å². The minimum absolute atomic E-state index is 0.0765. The van der Waals surface area contributed by atoms with Gasteiger partial charge in [0, 0.05) is 32.4 Å². The van der Waals surface area contributed by atoms with E-state index in [4.69, 9.17) is 9.84 Å². The summed E-state index contributed by atoms with van der Waals surface area (Å²) in [5.41, 5.74) is 0.601. The Morgan fingerprint density at radius 1 is 1.32 bits per heavy atom. The SMILES string of the molecule is COCCC1CCCCN(C(=O)c2cccc(C(=O)O)c2)C1. The number of ether oxygens (including phenoxy) is 1. The first-order valence-corrected chi connectivity index (χ1v) is 7.73. The van der Waals surface area contributed by atoms with Gasteiger partial charge in [-0.05, 0) is 43.4 Å². The summed E-state index contributed by atoms with van der Waals surface area (Å²) in [4.78, 5) is 25.5. The van der Waals surface area contributed by atoms with Gasteiger partial charge in [-0.25, -0.2) is 4.79 Å². The molecule has 1 aliphatic rings. The van der Waals surface area contributed by atoms with Gasteiger partial charge in [0.2, 0.25) is 0 Å². The zero-order valence-corrected chi connectivity index (χ0v) is 13.0. The smallest absolute Gasteiger partial charge is 0.335 e. The third kappa shape index (κ3) is 4.31. The lowest BCUT2D eigenvalue weighted by atomic mass is 10.00. The molecule has 0 saturated carbocycles. The van der Waals surface area contributed by atoms with Gasteiger partial charge in [0.15, 0.2) is 0 Å². The second-order valence-electron chi connectivity index (χ2n) is 5.78. The standard InChI is InChI=1S/C17H23NO4/c1-22-10-8-13-5-2-3-9-18(12-13)16(19)14-6-4-7-15(11-14)17(20)21/h4,6-7,11,13H,2-3,5,8-10,12H2,1H3,(H,20,21). The van der Waals surface area contributed by atoms with Crippen molar-refractivity contribution in [1.82, 2.24) is 4.90 Å². The van der Waals surface area contributed by atoms with Crippen LogP contribution in [0, 0.1) is 5.92 Å². The van der Waals surface area contributed by atoms with E-state index in [1.807, 2.05) is 4.90 Å². The number of likely N-dealkylation sites (tertiary alicyclic amines) is 1. The van der Waals surface area contributed by atoms with E-state index in [1.54, 1.807) is 19.2 Å². The largest absolute Gasteiger partial charge is 0.478 e. The highest BCUT2D eigenvalue weighted by Crippen LogP contribution is 2.21. The lowest BCUT2D eigenvalue weighted by Crippen LogP contribution is -2.35. The lowest BCUT2D eigenvalue weighted by Gasteiger charge is -2.24. The highest BCUT2D eigenvalue weighted by molar-refractivity contribution is 5.97. The number of nitrogens with zero attached hydrogens (tertiary/aromatic N) is 1. The van der Waals surface area contributed by atoms with Crippen LogP contribution >= 0.6 is 0 Å². The average Bonchev–Trinajstić information content (AvgIpc) is 2.78. The van der Waals surface area contributed by atoms with E-state index in [2.05, 4.69) is 0 Å². The van der Waals surface area contributed by atoms with Gasteiger partial charge in [-0.2, -0.15) is 0 Å². The molecule has 120 valence electrons. The van der Waals surface area contributed by atoms with Gasteiger partial charge in [0.05, 0.1) is 5.56 Å². The van der Waals surface area contributed by atoms with E-state index in [0.717, 1.165) is 38.8 Å². The van der Waals surface area contributed by atoms with Crippen LogP contribution in [0.3, 0.4) is 0 Å². The first kappa shape index (κ1) is 16.5. The van der Waals surface area contributed by atoms with Gasteiger partial charge in [0.25, 0.3) is 5.91 Å². The molecular formula is C17H23NO4. The van der Waals surface area contributed by atoms with Crippen molar-refractivity contribution >= 4 is 11.9 Å². The predicted octanol–water partition coefficient (Wildman–Crippen LogP) is 2.66. The molecule has 0 bridgehead atoms. The molecule has 1 N–H and O–H groups in total. The molecule has 2 rings (SSSR count). The zero-order valence-electron chi connectivity index (χ0n) is 13.0. The number of hydrogen-bond acceptors (Lipinski definition) is 3. The molecule has 1 aromatic rings. The Bertz CT molecular complexity index is 529. The number of aromatic carboxylic acids is 1. The number of carboxylic acids is 1. The molecular weight excluding hydrogens is 282 g/mol. The van der Waals surface area contributed by atoms with Crippen molar-refractivity contribution in [2.75, 3.05) is 26.8 Å². The Labute approximate surface area is 130 Å². The fraction of sp³-hybridized carbons (Fsp3) is 0.529. The summed E-state index contributed by atoms with van der Waals surface area (Å²) in [5.74, 6) is -0.634. The number of carbonyl (C=O) groups excluding carboxylic acids is 1. The zero-order chi connectivity index (χ0) is 15.9. The maximum Gasteiger partial charge on any atom is 0.335 e. The average molecular weight is 305 g/mol. The Morgan fingerprint density at radius 2 is 2.09 bits per heavy atom. The van der Waals surface area contributed by atoms with Crippen LogP contribution in [0.25, 0.3) is 0 Å². The van der Waals surface area contributed by atoms with Gasteiger partial charge in [-0.3, -0.25) is 4.79 Å². The van der Waals surface area contributed by atoms with E-state index in [9.17, 15) is 9.59 Å². The molecule has 1 aliphatic heterocycles. The fourth-order valence-electron chi connectivity index (χ4n) is 2.90. The lowest BCUT2D eigenvalue weighted by molar-refractivity contribution is 0.0697. The maximum absolute atomic E-state index is 12.6. The monoisotopic (exact) mass is 305 g/mol. The van der Waals surface area contributed by atoms with Gasteiger partial charge in [-0.15, -0.1) is 0 Å². The van der Waals surface area contributed by atoms with E-state index < -0.39 is 5.97 Å². The predicted molar refractivity (Wildman–Crippen MR) is 83.1 cm³/mol. The second kappa shape index (κ2) is 7.94. The molecule has 1 saturated heterocycles. The van der Waals surface area contributed by atoms with Crippen molar-refractivity contribution in [1.29, 1.82) is 0 Å². The van der Waals surface area contributed by atoms with Crippen LogP contribution in [0.2, 0.25) is 0 Å². The molecule has 22 heavy (non-hydrogen) atoms. The summed E-state index contributed by atoms with van der Waals surface area (Å²) in [7, 11) is 1.69. The molecule has 0 aliphatic carbocycles. The van der Waals surface area contributed by atoms with Gasteiger partial charge in [-0.1, -0.05) is 12.5 Å². The summed E-state index contributed by atoms with van der Waals surface area (Å²) < 4.78 is 5.14. The minimum atomic E-state index is -1.01. The number of amides is 1. The Hall–Kier alpha value is -1.88. The van der Waals surface area contributed by atoms with Crippen molar-refractivity contribution in [3.05, 3.63) is 35.4 Å². The van der Waals surface area contributed by atoms with Gasteiger partial charge >= 0.3 is 5.97 Å². The molecule has 5 nitrogen and oxygen atoms in total. The van der Waals surface area contributed by atoms with Crippen LogP contribution in [-0.2, 0) is 4.74 Å². The van der Waals surface area contributed by atoms with Crippen LogP contribution in [-0.4, -0.2) is 48.7 Å². The van der Waals surface area contributed by atoms with Crippen LogP contribution in [0.4, 0.5) is 0 Å². The highest BCUT2D eigenvalue weighted by atomic mass is 16.5. The number of benzene rings is 1. The number of carboxylic acid groups (broad SMARTS) is 1. The molecule has 0 spiro atoms. The van der Waals surface area contributed by atoms with E-state index in [1.165, 1.54) is 12.1 Å². The minimum Gasteiger partial charge on any atom is -0.478 e. The second-order valence-corrected chi connectivity index (χ2v) is 5.78. The molecule has 1 atom stereocenters. The van der Waals surface area contributed by atoms with Crippen molar-refractivity contribution in [2.24, 2.45) is 5.92 Å². The molecule has 1 unspecified atom stereocenters. The molecule has 1 heterocycles. The summed E-state index contributed by atoms with van der Waals surface area (Å²) >= 11 is 0. The summed E-state index contributed by atoms with van der Waals surface area (Å²) in [6.45, 7) is 2.17. The fourth-order valence-corrected chi connectivity index (χ4v) is 2.90. The molecule has 1 aromatic carbocycles. The van der Waals surface area contributed by atoms with Crippen molar-refractivity contribution < 1.29 is 19.4 Å². The number of carbonyl (C=O) groups is 2. The quantitative estimate of drug-likeness (QED) is 0.908. The molecule has 1 fully saturated rings. The van der Waals surface area contributed by atoms with Gasteiger partial charge in [0.1, 0.15) is 0 Å². The van der Waals surface area contributed by atoms with Crippen molar-refractivity contribution in [2.45, 2.75) is 25.7 Å². The highest BCUT2D eigenvalue weighted by Gasteiger charge is 2.23. The molecule has 0 aromatic heterocycles. The first-order valence-electron chi connectivity index (χ1n) is 7.73. The molecule has 1 amide bonds.